The van der Waals surface area contributed by atoms with E-state index >= 15 is 0 Å². The number of halogens is 1. The highest BCUT2D eigenvalue weighted by molar-refractivity contribution is 6.30. The second-order valence-electron chi connectivity index (χ2n) is 8.23. The van der Waals surface area contributed by atoms with Gasteiger partial charge >= 0.3 is 0 Å². The highest BCUT2D eigenvalue weighted by atomic mass is 35.5. The molecule has 7 heteroatoms. The van der Waals surface area contributed by atoms with Crippen LogP contribution in [0.25, 0.3) is 0 Å². The monoisotopic (exact) mass is 430 g/mol. The first kappa shape index (κ1) is 22.0. The molecule has 3 rings (SSSR count). The van der Waals surface area contributed by atoms with Crippen molar-refractivity contribution >= 4 is 34.8 Å². The lowest BCUT2D eigenvalue weighted by Crippen LogP contribution is -2.39. The van der Waals surface area contributed by atoms with E-state index in [1.54, 1.807) is 35.2 Å². The molecule has 1 aliphatic heterocycles. The van der Waals surface area contributed by atoms with Crippen molar-refractivity contribution in [3.05, 3.63) is 47.5 Å². The highest BCUT2D eigenvalue weighted by Gasteiger charge is 2.27. The molecule has 160 valence electrons. The average molecular weight is 431 g/mol. The zero-order valence-electron chi connectivity index (χ0n) is 17.5. The number of hydrogen-bond acceptors (Lipinski definition) is 4. The van der Waals surface area contributed by atoms with Gasteiger partial charge < -0.3 is 19.7 Å². The van der Waals surface area contributed by atoms with E-state index in [1.165, 1.54) is 0 Å². The third-order valence-electron chi connectivity index (χ3n) is 4.70. The molecule has 0 spiro atoms. The van der Waals surface area contributed by atoms with E-state index in [0.717, 1.165) is 18.6 Å². The van der Waals surface area contributed by atoms with Gasteiger partial charge in [0, 0.05) is 22.7 Å². The quantitative estimate of drug-likeness (QED) is 0.634. The smallest absolute Gasteiger partial charge is 0.265 e. The number of anilines is 2. The topological polar surface area (TPSA) is 67.9 Å². The molecule has 0 fully saturated rings. The molecule has 0 bridgehead atoms. The van der Waals surface area contributed by atoms with E-state index < -0.39 is 5.41 Å². The molecular weight excluding hydrogens is 404 g/mol. The van der Waals surface area contributed by atoms with Crippen molar-refractivity contribution in [1.82, 2.24) is 0 Å². The number of benzene rings is 2. The summed E-state index contributed by atoms with van der Waals surface area (Å²) in [4.78, 5) is 26.4. The SMILES string of the molecule is CC(C)(C)C(=O)Nc1ccc2c(c1)N(CCCCOc1ccc(Cl)cc1)C(=O)CO2. The van der Waals surface area contributed by atoms with Crippen LogP contribution in [0.1, 0.15) is 33.6 Å². The summed E-state index contributed by atoms with van der Waals surface area (Å²) < 4.78 is 11.3. The maximum absolute atomic E-state index is 12.4. The van der Waals surface area contributed by atoms with Crippen molar-refractivity contribution in [1.29, 1.82) is 0 Å². The Hall–Kier alpha value is -2.73. The third kappa shape index (κ3) is 5.66. The zero-order chi connectivity index (χ0) is 21.7. The minimum Gasteiger partial charge on any atom is -0.494 e. The predicted octanol–water partition coefficient (Wildman–Crippen LogP) is 4.91. The fourth-order valence-electron chi connectivity index (χ4n) is 2.94. The Morgan fingerprint density at radius 1 is 1.17 bits per heavy atom. The zero-order valence-corrected chi connectivity index (χ0v) is 18.3. The van der Waals surface area contributed by atoms with Crippen LogP contribution < -0.4 is 19.7 Å². The molecule has 1 N–H and O–H groups in total. The summed E-state index contributed by atoms with van der Waals surface area (Å²) >= 11 is 5.87. The molecule has 6 nitrogen and oxygen atoms in total. The van der Waals surface area contributed by atoms with Gasteiger partial charge in [-0.1, -0.05) is 32.4 Å². The molecule has 0 saturated carbocycles. The number of nitrogens with zero attached hydrogens (tertiary/aromatic N) is 1. The molecule has 2 amide bonds. The van der Waals surface area contributed by atoms with Gasteiger partial charge in [-0.15, -0.1) is 0 Å². The van der Waals surface area contributed by atoms with Gasteiger partial charge in [-0.25, -0.2) is 0 Å². The number of unbranched alkanes of at least 4 members (excludes halogenated alkanes) is 1. The van der Waals surface area contributed by atoms with Gasteiger partial charge in [-0.2, -0.15) is 0 Å². The Morgan fingerprint density at radius 2 is 1.90 bits per heavy atom. The molecule has 0 saturated heterocycles. The molecule has 0 atom stereocenters. The lowest BCUT2D eigenvalue weighted by molar-refractivity contribution is -0.123. The van der Waals surface area contributed by atoms with Crippen molar-refractivity contribution < 1.29 is 19.1 Å². The molecule has 0 radical (unpaired) electrons. The molecule has 0 aromatic heterocycles. The number of amides is 2. The summed E-state index contributed by atoms with van der Waals surface area (Å²) in [5, 5.41) is 3.58. The molecule has 30 heavy (non-hydrogen) atoms. The summed E-state index contributed by atoms with van der Waals surface area (Å²) in [5.41, 5.74) is 0.811. The van der Waals surface area contributed by atoms with Crippen molar-refractivity contribution in [2.45, 2.75) is 33.6 Å². The number of rotatable bonds is 7. The van der Waals surface area contributed by atoms with E-state index in [-0.39, 0.29) is 18.4 Å². The van der Waals surface area contributed by atoms with Crippen LogP contribution in [0.2, 0.25) is 5.02 Å². The van der Waals surface area contributed by atoms with Crippen LogP contribution in [0.3, 0.4) is 0 Å². The Balaban J connectivity index is 1.59. The van der Waals surface area contributed by atoms with E-state index in [1.807, 2.05) is 32.9 Å². The fourth-order valence-corrected chi connectivity index (χ4v) is 3.06. The van der Waals surface area contributed by atoms with Gasteiger partial charge in [0.05, 0.1) is 12.3 Å². The Kier molecular flexibility index (Phi) is 6.87. The second-order valence-corrected chi connectivity index (χ2v) is 8.67. The summed E-state index contributed by atoms with van der Waals surface area (Å²) in [6, 6.07) is 12.6. The lowest BCUT2D eigenvalue weighted by Gasteiger charge is -2.30. The van der Waals surface area contributed by atoms with Crippen LogP contribution in [-0.4, -0.2) is 31.6 Å². The molecule has 2 aromatic rings. The van der Waals surface area contributed by atoms with Gasteiger partial charge in [0.15, 0.2) is 6.61 Å². The number of ether oxygens (including phenoxy) is 2. The summed E-state index contributed by atoms with van der Waals surface area (Å²) in [6.45, 7) is 6.68. The predicted molar refractivity (Wildman–Crippen MR) is 119 cm³/mol. The van der Waals surface area contributed by atoms with Crippen molar-refractivity contribution in [2.75, 3.05) is 30.0 Å². The van der Waals surface area contributed by atoms with Crippen molar-refractivity contribution in [3.63, 3.8) is 0 Å². The number of hydrogen-bond donors (Lipinski definition) is 1. The Bertz CT molecular complexity index is 906. The molecule has 0 aliphatic carbocycles. The van der Waals surface area contributed by atoms with Gasteiger partial charge in [0.2, 0.25) is 5.91 Å². The third-order valence-corrected chi connectivity index (χ3v) is 4.95. The number of fused-ring (bicyclic) bond motifs is 1. The van der Waals surface area contributed by atoms with E-state index in [2.05, 4.69) is 5.32 Å². The number of carbonyl (C=O) groups excluding carboxylic acids is 2. The van der Waals surface area contributed by atoms with Crippen LogP contribution >= 0.6 is 11.6 Å². The van der Waals surface area contributed by atoms with E-state index in [0.29, 0.717) is 35.3 Å². The van der Waals surface area contributed by atoms with Crippen molar-refractivity contribution in [2.24, 2.45) is 5.41 Å². The maximum Gasteiger partial charge on any atom is 0.265 e. The van der Waals surface area contributed by atoms with E-state index in [4.69, 9.17) is 21.1 Å². The standard InChI is InChI=1S/C23H27ClN2O4/c1-23(2,3)22(28)25-17-8-11-20-19(14-17)26(21(27)15-30-20)12-4-5-13-29-18-9-6-16(24)7-10-18/h6-11,14H,4-5,12-13,15H2,1-3H3,(H,25,28). The fraction of sp³-hybridized carbons (Fsp3) is 0.391. The van der Waals surface area contributed by atoms with Crippen LogP contribution in [-0.2, 0) is 9.59 Å². The molecule has 1 heterocycles. The first-order chi connectivity index (χ1) is 14.2. The van der Waals surface area contributed by atoms with E-state index in [9.17, 15) is 9.59 Å². The van der Waals surface area contributed by atoms with Crippen LogP contribution in [0.15, 0.2) is 42.5 Å². The second kappa shape index (κ2) is 9.39. The van der Waals surface area contributed by atoms with Crippen molar-refractivity contribution in [3.8, 4) is 11.5 Å². The average Bonchev–Trinajstić information content (AvgIpc) is 2.70. The number of carbonyl (C=O) groups is 2. The van der Waals surface area contributed by atoms with Gasteiger partial charge in [0.25, 0.3) is 5.91 Å². The first-order valence-corrected chi connectivity index (χ1v) is 10.4. The molecule has 0 unspecified atom stereocenters. The molecular formula is C23H27ClN2O4. The minimum absolute atomic E-state index is 0.0158. The van der Waals surface area contributed by atoms with Gasteiger partial charge in [0.1, 0.15) is 11.5 Å². The van der Waals surface area contributed by atoms with Gasteiger partial charge in [-0.05, 0) is 55.3 Å². The van der Waals surface area contributed by atoms with Crippen LogP contribution in [0, 0.1) is 5.41 Å². The van der Waals surface area contributed by atoms with Crippen LogP contribution in [0.4, 0.5) is 11.4 Å². The maximum atomic E-state index is 12.4. The largest absolute Gasteiger partial charge is 0.494 e. The minimum atomic E-state index is -0.508. The lowest BCUT2D eigenvalue weighted by atomic mass is 9.95. The van der Waals surface area contributed by atoms with Crippen LogP contribution in [0.5, 0.6) is 11.5 Å². The summed E-state index contributed by atoms with van der Waals surface area (Å²) in [6.07, 6.45) is 1.57. The highest BCUT2D eigenvalue weighted by Crippen LogP contribution is 2.35. The first-order valence-electron chi connectivity index (χ1n) is 10.0. The summed E-state index contributed by atoms with van der Waals surface area (Å²) in [7, 11) is 0. The Labute approximate surface area is 182 Å². The molecule has 2 aromatic carbocycles. The Morgan fingerprint density at radius 3 is 2.60 bits per heavy atom. The number of nitrogens with one attached hydrogen (secondary N) is 1. The molecule has 1 aliphatic rings. The summed E-state index contributed by atoms with van der Waals surface area (Å²) in [5.74, 6) is 1.23. The van der Waals surface area contributed by atoms with Gasteiger partial charge in [-0.3, -0.25) is 9.59 Å². The normalized spacial score (nSPS) is 13.5.